The van der Waals surface area contributed by atoms with Crippen LogP contribution < -0.4 is 5.32 Å². The summed E-state index contributed by atoms with van der Waals surface area (Å²) in [6.07, 6.45) is 0.167. The van der Waals surface area contributed by atoms with Crippen LogP contribution in [0.15, 0.2) is 59.5 Å². The van der Waals surface area contributed by atoms with E-state index in [-0.39, 0.29) is 41.9 Å². The third kappa shape index (κ3) is 5.24. The van der Waals surface area contributed by atoms with Crippen LogP contribution in [0.5, 0.6) is 0 Å². The standard InChI is InChI=1S/C24H29N3O5S/c1-4-20(23(29)25-17(2)3)26(16-18-10-6-5-7-11-18)22(28)14-15-27-24(30)19-12-8-9-13-21(19)33(27,31)32/h5-13,17,20H,4,14-16H2,1-3H3,(H,25,29)/t20-/m0/s1. The third-order valence-corrected chi connectivity index (χ3v) is 7.29. The number of benzene rings is 2. The summed E-state index contributed by atoms with van der Waals surface area (Å²) in [5, 5.41) is 2.85. The average Bonchev–Trinajstić information content (AvgIpc) is 2.97. The highest BCUT2D eigenvalue weighted by atomic mass is 32.2. The maximum absolute atomic E-state index is 13.3. The highest BCUT2D eigenvalue weighted by Gasteiger charge is 2.41. The van der Waals surface area contributed by atoms with Gasteiger partial charge in [0.05, 0.1) is 5.56 Å². The van der Waals surface area contributed by atoms with Crippen LogP contribution in [-0.4, -0.2) is 54.0 Å². The minimum atomic E-state index is -4.00. The van der Waals surface area contributed by atoms with E-state index in [1.165, 1.54) is 17.0 Å². The van der Waals surface area contributed by atoms with E-state index in [0.717, 1.165) is 9.87 Å². The number of hydrogen-bond acceptors (Lipinski definition) is 5. The molecule has 0 aliphatic carbocycles. The van der Waals surface area contributed by atoms with Crippen molar-refractivity contribution in [1.29, 1.82) is 0 Å². The molecule has 0 saturated heterocycles. The van der Waals surface area contributed by atoms with Crippen LogP contribution >= 0.6 is 0 Å². The van der Waals surface area contributed by atoms with Gasteiger partial charge in [-0.15, -0.1) is 0 Å². The second-order valence-corrected chi connectivity index (χ2v) is 10.1. The maximum Gasteiger partial charge on any atom is 0.269 e. The monoisotopic (exact) mass is 471 g/mol. The molecule has 1 N–H and O–H groups in total. The molecule has 1 aliphatic heterocycles. The Morgan fingerprint density at radius 2 is 1.67 bits per heavy atom. The Kier molecular flexibility index (Phi) is 7.53. The Hall–Kier alpha value is -3.20. The van der Waals surface area contributed by atoms with Gasteiger partial charge in [-0.05, 0) is 38.0 Å². The maximum atomic E-state index is 13.3. The van der Waals surface area contributed by atoms with E-state index in [1.54, 1.807) is 12.1 Å². The molecule has 1 heterocycles. The third-order valence-electron chi connectivity index (χ3n) is 5.45. The smallest absolute Gasteiger partial charge is 0.269 e. The zero-order valence-corrected chi connectivity index (χ0v) is 19.8. The molecule has 0 saturated carbocycles. The molecule has 3 amide bonds. The van der Waals surface area contributed by atoms with Crippen molar-refractivity contribution in [3.63, 3.8) is 0 Å². The van der Waals surface area contributed by atoms with E-state index < -0.39 is 27.9 Å². The molecule has 176 valence electrons. The van der Waals surface area contributed by atoms with E-state index in [4.69, 9.17) is 0 Å². The van der Waals surface area contributed by atoms with Gasteiger partial charge >= 0.3 is 0 Å². The molecule has 33 heavy (non-hydrogen) atoms. The summed E-state index contributed by atoms with van der Waals surface area (Å²) in [5.74, 6) is -1.31. The van der Waals surface area contributed by atoms with Crippen LogP contribution in [0.1, 0.15) is 49.5 Å². The summed E-state index contributed by atoms with van der Waals surface area (Å²) in [4.78, 5) is 40.2. The molecule has 0 spiro atoms. The highest BCUT2D eigenvalue weighted by Crippen LogP contribution is 2.30. The quantitative estimate of drug-likeness (QED) is 0.605. The van der Waals surface area contributed by atoms with Crippen molar-refractivity contribution in [3.05, 3.63) is 65.7 Å². The van der Waals surface area contributed by atoms with Crippen LogP contribution in [0.4, 0.5) is 0 Å². The molecule has 1 aliphatic rings. The molecule has 0 bridgehead atoms. The molecule has 9 heteroatoms. The largest absolute Gasteiger partial charge is 0.352 e. The summed E-state index contributed by atoms with van der Waals surface area (Å²) in [7, 11) is -4.00. The zero-order chi connectivity index (χ0) is 24.2. The zero-order valence-electron chi connectivity index (χ0n) is 19.0. The van der Waals surface area contributed by atoms with Crippen molar-refractivity contribution in [1.82, 2.24) is 14.5 Å². The predicted molar refractivity (Wildman–Crippen MR) is 124 cm³/mol. The van der Waals surface area contributed by atoms with Gasteiger partial charge in [-0.3, -0.25) is 14.4 Å². The van der Waals surface area contributed by atoms with Gasteiger partial charge < -0.3 is 10.2 Å². The number of nitrogens with one attached hydrogen (secondary N) is 1. The molecule has 0 aromatic heterocycles. The molecule has 8 nitrogen and oxygen atoms in total. The number of fused-ring (bicyclic) bond motifs is 1. The molecule has 2 aromatic rings. The molecule has 0 radical (unpaired) electrons. The molecule has 0 unspecified atom stereocenters. The van der Waals surface area contributed by atoms with Gasteiger partial charge in [0.2, 0.25) is 11.8 Å². The molecule has 0 fully saturated rings. The first kappa shape index (κ1) is 24.4. The van der Waals surface area contributed by atoms with E-state index in [2.05, 4.69) is 5.32 Å². The highest BCUT2D eigenvalue weighted by molar-refractivity contribution is 7.90. The lowest BCUT2D eigenvalue weighted by molar-refractivity contribution is -0.141. The van der Waals surface area contributed by atoms with Gasteiger partial charge in [0.1, 0.15) is 10.9 Å². The van der Waals surface area contributed by atoms with E-state index in [0.29, 0.717) is 6.42 Å². The first-order chi connectivity index (χ1) is 15.7. The Labute approximate surface area is 194 Å². The van der Waals surface area contributed by atoms with Gasteiger partial charge in [0, 0.05) is 25.6 Å². The number of hydrogen-bond donors (Lipinski definition) is 1. The number of amides is 3. The van der Waals surface area contributed by atoms with E-state index >= 15 is 0 Å². The molecular weight excluding hydrogens is 442 g/mol. The van der Waals surface area contributed by atoms with E-state index in [1.807, 2.05) is 51.1 Å². The average molecular weight is 472 g/mol. The van der Waals surface area contributed by atoms with Gasteiger partial charge in [-0.25, -0.2) is 12.7 Å². The van der Waals surface area contributed by atoms with Gasteiger partial charge in [0.25, 0.3) is 15.9 Å². The lowest BCUT2D eigenvalue weighted by Gasteiger charge is -2.31. The fourth-order valence-electron chi connectivity index (χ4n) is 3.87. The summed E-state index contributed by atoms with van der Waals surface area (Å²) in [6, 6.07) is 14.5. The van der Waals surface area contributed by atoms with Crippen molar-refractivity contribution in [2.45, 2.75) is 57.1 Å². The molecule has 3 rings (SSSR count). The Morgan fingerprint density at radius 1 is 1.03 bits per heavy atom. The van der Waals surface area contributed by atoms with Gasteiger partial charge in [-0.1, -0.05) is 49.4 Å². The second-order valence-electron chi connectivity index (χ2n) is 8.22. The summed E-state index contributed by atoms with van der Waals surface area (Å²) >= 11 is 0. The SMILES string of the molecule is CC[C@@H](C(=O)NC(C)C)N(Cc1ccccc1)C(=O)CCN1C(=O)c2ccccc2S1(=O)=O. The summed E-state index contributed by atoms with van der Waals surface area (Å²) in [6.45, 7) is 5.42. The van der Waals surface area contributed by atoms with Crippen molar-refractivity contribution in [3.8, 4) is 0 Å². The lowest BCUT2D eigenvalue weighted by Crippen LogP contribution is -2.51. The van der Waals surface area contributed by atoms with Crippen LogP contribution in [0.25, 0.3) is 0 Å². The Morgan fingerprint density at radius 3 is 2.27 bits per heavy atom. The van der Waals surface area contributed by atoms with Crippen LogP contribution in [-0.2, 0) is 26.2 Å². The first-order valence-electron chi connectivity index (χ1n) is 11.0. The van der Waals surface area contributed by atoms with Gasteiger partial charge in [0.15, 0.2) is 0 Å². The summed E-state index contributed by atoms with van der Waals surface area (Å²) in [5.41, 5.74) is 0.952. The first-order valence-corrected chi connectivity index (χ1v) is 12.4. The van der Waals surface area contributed by atoms with Crippen LogP contribution in [0.2, 0.25) is 0 Å². The Balaban J connectivity index is 1.81. The van der Waals surface area contributed by atoms with Crippen molar-refractivity contribution >= 4 is 27.7 Å². The predicted octanol–water partition coefficient (Wildman–Crippen LogP) is 2.55. The number of carbonyl (C=O) groups is 3. The summed E-state index contributed by atoms with van der Waals surface area (Å²) < 4.78 is 26.3. The van der Waals surface area contributed by atoms with Crippen LogP contribution in [0, 0.1) is 0 Å². The fraction of sp³-hybridized carbons (Fsp3) is 0.375. The Bertz CT molecular complexity index is 1130. The lowest BCUT2D eigenvalue weighted by atomic mass is 10.1. The van der Waals surface area contributed by atoms with Crippen LogP contribution in [0.3, 0.4) is 0 Å². The topological polar surface area (TPSA) is 104 Å². The molecule has 1 atom stereocenters. The van der Waals surface area contributed by atoms with Gasteiger partial charge in [-0.2, -0.15) is 0 Å². The molecular formula is C24H29N3O5S. The minimum Gasteiger partial charge on any atom is -0.352 e. The van der Waals surface area contributed by atoms with Crippen molar-refractivity contribution in [2.24, 2.45) is 0 Å². The van der Waals surface area contributed by atoms with Crippen molar-refractivity contribution in [2.75, 3.05) is 6.54 Å². The number of nitrogens with zero attached hydrogens (tertiary/aromatic N) is 2. The second kappa shape index (κ2) is 10.2. The minimum absolute atomic E-state index is 0.0497. The fourth-order valence-corrected chi connectivity index (χ4v) is 5.44. The van der Waals surface area contributed by atoms with E-state index in [9.17, 15) is 22.8 Å². The van der Waals surface area contributed by atoms with Crippen molar-refractivity contribution < 1.29 is 22.8 Å². The normalized spacial score (nSPS) is 15.3. The number of carbonyl (C=O) groups excluding carboxylic acids is 3. The number of rotatable bonds is 9. The number of sulfonamides is 1. The molecule has 2 aromatic carbocycles.